The standard InChI is InChI=1S/C17H14BrN3O2/c1-10-3-6-15-19-8-13(17(23)21(15)9-10)16(22)20-14-5-4-12(18)7-11(14)2/h3-9H,1-2H3,(H,20,22). The second-order valence-corrected chi connectivity index (χ2v) is 6.24. The first-order valence-corrected chi connectivity index (χ1v) is 7.80. The van der Waals surface area contributed by atoms with Crippen molar-refractivity contribution in [2.45, 2.75) is 13.8 Å². The van der Waals surface area contributed by atoms with Gasteiger partial charge in [-0.1, -0.05) is 22.0 Å². The lowest BCUT2D eigenvalue weighted by molar-refractivity contribution is 0.102. The summed E-state index contributed by atoms with van der Waals surface area (Å²) < 4.78 is 2.31. The van der Waals surface area contributed by atoms with Crippen molar-refractivity contribution in [3.63, 3.8) is 0 Å². The number of aryl methyl sites for hydroxylation is 2. The Hall–Kier alpha value is -2.47. The molecule has 6 heteroatoms. The van der Waals surface area contributed by atoms with Crippen LogP contribution in [0.2, 0.25) is 0 Å². The lowest BCUT2D eigenvalue weighted by Gasteiger charge is -2.09. The van der Waals surface area contributed by atoms with Gasteiger partial charge in [-0.2, -0.15) is 0 Å². The van der Waals surface area contributed by atoms with Crippen molar-refractivity contribution >= 4 is 33.2 Å². The van der Waals surface area contributed by atoms with E-state index in [1.54, 1.807) is 18.3 Å². The number of carbonyl (C=O) groups excluding carboxylic acids is 1. The zero-order chi connectivity index (χ0) is 16.6. The van der Waals surface area contributed by atoms with E-state index in [4.69, 9.17) is 0 Å². The van der Waals surface area contributed by atoms with E-state index in [0.29, 0.717) is 11.3 Å². The van der Waals surface area contributed by atoms with Crippen LogP contribution in [-0.2, 0) is 0 Å². The number of pyridine rings is 1. The molecule has 3 rings (SSSR count). The summed E-state index contributed by atoms with van der Waals surface area (Å²) in [5.41, 5.74) is 2.62. The highest BCUT2D eigenvalue weighted by Gasteiger charge is 2.14. The molecule has 0 spiro atoms. The highest BCUT2D eigenvalue weighted by molar-refractivity contribution is 9.10. The van der Waals surface area contributed by atoms with E-state index in [9.17, 15) is 9.59 Å². The maximum Gasteiger partial charge on any atom is 0.270 e. The Morgan fingerprint density at radius 2 is 2.00 bits per heavy atom. The summed E-state index contributed by atoms with van der Waals surface area (Å²) in [5.74, 6) is -0.469. The number of hydrogen-bond donors (Lipinski definition) is 1. The molecule has 0 atom stereocenters. The van der Waals surface area contributed by atoms with Crippen molar-refractivity contribution in [1.82, 2.24) is 9.38 Å². The molecule has 0 unspecified atom stereocenters. The molecule has 0 aliphatic rings. The fourth-order valence-corrected chi connectivity index (χ4v) is 2.77. The van der Waals surface area contributed by atoms with E-state index in [1.165, 1.54) is 10.6 Å². The van der Waals surface area contributed by atoms with Crippen molar-refractivity contribution in [2.24, 2.45) is 0 Å². The smallest absolute Gasteiger partial charge is 0.270 e. The summed E-state index contributed by atoms with van der Waals surface area (Å²) in [6.07, 6.45) is 2.99. The number of amides is 1. The van der Waals surface area contributed by atoms with Gasteiger partial charge in [0.2, 0.25) is 0 Å². The second-order valence-electron chi connectivity index (χ2n) is 5.33. The van der Waals surface area contributed by atoms with Crippen LogP contribution in [0.1, 0.15) is 21.5 Å². The minimum absolute atomic E-state index is 0.00965. The molecule has 1 amide bonds. The number of hydrogen-bond acceptors (Lipinski definition) is 3. The molecule has 0 fully saturated rings. The van der Waals surface area contributed by atoms with Crippen LogP contribution in [0.15, 0.2) is 52.0 Å². The Kier molecular flexibility index (Phi) is 4.00. The Bertz CT molecular complexity index is 979. The van der Waals surface area contributed by atoms with Crippen molar-refractivity contribution < 1.29 is 4.79 Å². The normalized spacial score (nSPS) is 10.7. The van der Waals surface area contributed by atoms with Gasteiger partial charge in [0.15, 0.2) is 0 Å². The van der Waals surface area contributed by atoms with Crippen LogP contribution < -0.4 is 10.9 Å². The number of benzene rings is 1. The van der Waals surface area contributed by atoms with Gasteiger partial charge >= 0.3 is 0 Å². The topological polar surface area (TPSA) is 63.5 Å². The summed E-state index contributed by atoms with van der Waals surface area (Å²) in [5, 5.41) is 2.76. The van der Waals surface area contributed by atoms with Crippen molar-refractivity contribution in [3.8, 4) is 0 Å². The number of nitrogens with one attached hydrogen (secondary N) is 1. The highest BCUT2D eigenvalue weighted by atomic mass is 79.9. The first kappa shape index (κ1) is 15.4. The predicted molar refractivity (Wildman–Crippen MR) is 93.0 cm³/mol. The lowest BCUT2D eigenvalue weighted by atomic mass is 10.2. The SMILES string of the molecule is Cc1ccc2ncc(C(=O)Nc3ccc(Br)cc3C)c(=O)n2c1. The number of nitrogens with zero attached hydrogens (tertiary/aromatic N) is 2. The summed E-state index contributed by atoms with van der Waals surface area (Å²) in [6.45, 7) is 3.76. The maximum absolute atomic E-state index is 12.5. The fourth-order valence-electron chi connectivity index (χ4n) is 2.30. The molecule has 5 nitrogen and oxygen atoms in total. The van der Waals surface area contributed by atoms with Crippen LogP contribution in [0.25, 0.3) is 5.65 Å². The van der Waals surface area contributed by atoms with E-state index in [1.807, 2.05) is 32.0 Å². The summed E-state index contributed by atoms with van der Waals surface area (Å²) >= 11 is 3.38. The Morgan fingerprint density at radius 1 is 1.22 bits per heavy atom. The summed E-state index contributed by atoms with van der Waals surface area (Å²) in [4.78, 5) is 29.1. The van der Waals surface area contributed by atoms with Crippen molar-refractivity contribution in [1.29, 1.82) is 0 Å². The van der Waals surface area contributed by atoms with Crippen LogP contribution in [0.5, 0.6) is 0 Å². The second kappa shape index (κ2) is 5.96. The quantitative estimate of drug-likeness (QED) is 0.751. The maximum atomic E-state index is 12.5. The molecule has 0 bridgehead atoms. The van der Waals surface area contributed by atoms with Crippen LogP contribution in [-0.4, -0.2) is 15.3 Å². The molecule has 0 radical (unpaired) electrons. The molecular weight excluding hydrogens is 358 g/mol. The van der Waals surface area contributed by atoms with E-state index in [2.05, 4.69) is 26.2 Å². The van der Waals surface area contributed by atoms with E-state index >= 15 is 0 Å². The zero-order valence-electron chi connectivity index (χ0n) is 12.6. The van der Waals surface area contributed by atoms with Gasteiger partial charge in [0.1, 0.15) is 11.2 Å². The Morgan fingerprint density at radius 3 is 2.74 bits per heavy atom. The molecule has 1 N–H and O–H groups in total. The third-order valence-corrected chi connectivity index (χ3v) is 4.02. The van der Waals surface area contributed by atoms with E-state index in [0.717, 1.165) is 15.6 Å². The molecule has 2 heterocycles. The molecule has 1 aromatic carbocycles. The predicted octanol–water partition coefficient (Wildman–Crippen LogP) is 3.33. The summed E-state index contributed by atoms with van der Waals surface area (Å²) in [6, 6.07) is 9.12. The molecule has 2 aromatic heterocycles. The van der Waals surface area contributed by atoms with Crippen LogP contribution in [0, 0.1) is 13.8 Å². The molecule has 0 aliphatic heterocycles. The Balaban J connectivity index is 2.01. The first-order chi connectivity index (χ1) is 11.0. The number of halogens is 1. The number of rotatable bonds is 2. The molecule has 0 saturated heterocycles. The van der Waals surface area contributed by atoms with Gasteiger partial charge in [-0.15, -0.1) is 0 Å². The number of fused-ring (bicyclic) bond motifs is 1. The minimum Gasteiger partial charge on any atom is -0.322 e. The van der Waals surface area contributed by atoms with Gasteiger partial charge in [-0.3, -0.25) is 14.0 Å². The van der Waals surface area contributed by atoms with Crippen molar-refractivity contribution in [3.05, 3.63) is 74.2 Å². The van der Waals surface area contributed by atoms with Crippen molar-refractivity contribution in [2.75, 3.05) is 5.32 Å². The number of anilines is 1. The fraction of sp³-hybridized carbons (Fsp3) is 0.118. The van der Waals surface area contributed by atoms with Crippen LogP contribution in [0.4, 0.5) is 5.69 Å². The molecule has 0 saturated carbocycles. The van der Waals surface area contributed by atoms with Gasteiger partial charge in [0, 0.05) is 22.6 Å². The monoisotopic (exact) mass is 371 g/mol. The number of carbonyl (C=O) groups is 1. The molecule has 116 valence electrons. The largest absolute Gasteiger partial charge is 0.322 e. The van der Waals surface area contributed by atoms with Gasteiger partial charge in [0.25, 0.3) is 11.5 Å². The average molecular weight is 372 g/mol. The molecule has 23 heavy (non-hydrogen) atoms. The highest BCUT2D eigenvalue weighted by Crippen LogP contribution is 2.20. The summed E-state index contributed by atoms with van der Waals surface area (Å²) in [7, 11) is 0. The first-order valence-electron chi connectivity index (χ1n) is 7.01. The van der Waals surface area contributed by atoms with E-state index in [-0.39, 0.29) is 11.1 Å². The molecular formula is C17H14BrN3O2. The zero-order valence-corrected chi connectivity index (χ0v) is 14.2. The van der Waals surface area contributed by atoms with Crippen LogP contribution >= 0.6 is 15.9 Å². The average Bonchev–Trinajstić information content (AvgIpc) is 2.51. The third kappa shape index (κ3) is 3.03. The van der Waals surface area contributed by atoms with E-state index < -0.39 is 5.91 Å². The third-order valence-electron chi connectivity index (χ3n) is 3.53. The Labute approximate surface area is 141 Å². The molecule has 3 aromatic rings. The van der Waals surface area contributed by atoms with Crippen LogP contribution in [0.3, 0.4) is 0 Å². The van der Waals surface area contributed by atoms with Gasteiger partial charge in [-0.25, -0.2) is 4.98 Å². The minimum atomic E-state index is -0.469. The van der Waals surface area contributed by atoms with Gasteiger partial charge < -0.3 is 5.32 Å². The van der Waals surface area contributed by atoms with Gasteiger partial charge in [-0.05, 0) is 49.2 Å². The van der Waals surface area contributed by atoms with Gasteiger partial charge in [0.05, 0.1) is 0 Å². The lowest BCUT2D eigenvalue weighted by Crippen LogP contribution is -2.27. The molecule has 0 aliphatic carbocycles. The number of aromatic nitrogens is 2.